The highest BCUT2D eigenvalue weighted by molar-refractivity contribution is 5.34. The number of benzene rings is 1. The van der Waals surface area contributed by atoms with Crippen molar-refractivity contribution in [2.75, 3.05) is 0 Å². The van der Waals surface area contributed by atoms with Gasteiger partial charge in [-0.1, -0.05) is 12.1 Å². The van der Waals surface area contributed by atoms with Crippen molar-refractivity contribution >= 4 is 0 Å². The third-order valence-corrected chi connectivity index (χ3v) is 3.33. The molecule has 0 saturated carbocycles. The molecular formula is C13H16F3N. The molecule has 0 bridgehead atoms. The number of halogens is 3. The topological polar surface area (TPSA) is 12.0 Å². The third kappa shape index (κ3) is 2.63. The van der Waals surface area contributed by atoms with Gasteiger partial charge in [0.2, 0.25) is 0 Å². The maximum atomic E-state index is 12.6. The molecule has 1 aromatic rings. The Balaban J connectivity index is 2.25. The molecule has 1 aliphatic heterocycles. The minimum absolute atomic E-state index is 0.200. The zero-order chi connectivity index (χ0) is 12.6. The maximum absolute atomic E-state index is 12.6. The van der Waals surface area contributed by atoms with Crippen LogP contribution in [0.4, 0.5) is 13.2 Å². The zero-order valence-corrected chi connectivity index (χ0v) is 9.93. The van der Waals surface area contributed by atoms with Gasteiger partial charge in [0.25, 0.3) is 0 Å². The van der Waals surface area contributed by atoms with Crippen molar-refractivity contribution in [3.8, 4) is 0 Å². The van der Waals surface area contributed by atoms with Crippen LogP contribution in [0.25, 0.3) is 0 Å². The second kappa shape index (κ2) is 4.33. The maximum Gasteiger partial charge on any atom is 0.416 e. The molecule has 0 aliphatic carbocycles. The summed E-state index contributed by atoms with van der Waals surface area (Å²) in [6.07, 6.45) is -2.18. The summed E-state index contributed by atoms with van der Waals surface area (Å²) >= 11 is 0. The highest BCUT2D eigenvalue weighted by Gasteiger charge is 2.32. The molecule has 4 heteroatoms. The highest BCUT2D eigenvalue weighted by atomic mass is 19.4. The molecule has 0 radical (unpaired) electrons. The molecule has 2 rings (SSSR count). The Hall–Kier alpha value is -1.03. The van der Waals surface area contributed by atoms with Crippen molar-refractivity contribution in [3.63, 3.8) is 0 Å². The smallest absolute Gasteiger partial charge is 0.307 e. The minimum atomic E-state index is -4.25. The van der Waals surface area contributed by atoms with E-state index in [-0.39, 0.29) is 6.04 Å². The Morgan fingerprint density at radius 3 is 2.41 bits per heavy atom. The fourth-order valence-corrected chi connectivity index (χ4v) is 2.41. The molecule has 2 atom stereocenters. The molecule has 0 spiro atoms. The van der Waals surface area contributed by atoms with Crippen molar-refractivity contribution in [1.82, 2.24) is 5.32 Å². The highest BCUT2D eigenvalue weighted by Crippen LogP contribution is 2.34. The molecule has 1 fully saturated rings. The molecule has 1 aromatic carbocycles. The van der Waals surface area contributed by atoms with Gasteiger partial charge >= 0.3 is 6.18 Å². The Kier molecular flexibility index (Phi) is 3.17. The molecule has 1 heterocycles. The van der Waals surface area contributed by atoms with Crippen LogP contribution in [0.3, 0.4) is 0 Å². The van der Waals surface area contributed by atoms with Crippen molar-refractivity contribution in [2.45, 2.75) is 44.9 Å². The van der Waals surface area contributed by atoms with E-state index in [0.29, 0.717) is 11.6 Å². The zero-order valence-electron chi connectivity index (χ0n) is 9.93. The van der Waals surface area contributed by atoms with Gasteiger partial charge in [0.05, 0.1) is 5.56 Å². The van der Waals surface area contributed by atoms with Crippen LogP contribution < -0.4 is 5.32 Å². The second-order valence-corrected chi connectivity index (χ2v) is 4.77. The molecule has 1 aliphatic rings. The lowest BCUT2D eigenvalue weighted by Crippen LogP contribution is -2.21. The average molecular weight is 243 g/mol. The number of rotatable bonds is 1. The first-order valence-corrected chi connectivity index (χ1v) is 5.81. The van der Waals surface area contributed by atoms with Gasteiger partial charge < -0.3 is 5.32 Å². The number of nitrogens with one attached hydrogen (secondary N) is 1. The van der Waals surface area contributed by atoms with Gasteiger partial charge in [-0.25, -0.2) is 0 Å². The Bertz CT molecular complexity index is 412. The van der Waals surface area contributed by atoms with E-state index in [0.717, 1.165) is 18.4 Å². The molecule has 1 nitrogen and oxygen atoms in total. The van der Waals surface area contributed by atoms with Gasteiger partial charge in [0.1, 0.15) is 0 Å². The SMILES string of the molecule is Cc1cc([C@@H]2CCC(C)N2)ccc1C(F)(F)F. The van der Waals surface area contributed by atoms with Gasteiger partial charge in [-0.3, -0.25) is 0 Å². The first-order chi connectivity index (χ1) is 7.88. The lowest BCUT2D eigenvalue weighted by atomic mass is 9.99. The third-order valence-electron chi connectivity index (χ3n) is 3.33. The van der Waals surface area contributed by atoms with Crippen LogP contribution in [-0.2, 0) is 6.18 Å². The van der Waals surface area contributed by atoms with Crippen molar-refractivity contribution in [1.29, 1.82) is 0 Å². The van der Waals surface area contributed by atoms with E-state index in [4.69, 9.17) is 0 Å². The molecule has 0 amide bonds. The van der Waals surface area contributed by atoms with E-state index < -0.39 is 11.7 Å². The molecule has 0 aromatic heterocycles. The second-order valence-electron chi connectivity index (χ2n) is 4.77. The predicted molar refractivity (Wildman–Crippen MR) is 60.8 cm³/mol. The van der Waals surface area contributed by atoms with Gasteiger partial charge in [-0.15, -0.1) is 0 Å². The fraction of sp³-hybridized carbons (Fsp3) is 0.538. The molecule has 1 unspecified atom stereocenters. The van der Waals surface area contributed by atoms with Crippen molar-refractivity contribution < 1.29 is 13.2 Å². The van der Waals surface area contributed by atoms with Gasteiger partial charge in [0, 0.05) is 12.1 Å². The van der Waals surface area contributed by atoms with Crippen LogP contribution in [-0.4, -0.2) is 6.04 Å². The van der Waals surface area contributed by atoms with Gasteiger partial charge in [-0.2, -0.15) is 13.2 Å². The van der Waals surface area contributed by atoms with E-state index in [9.17, 15) is 13.2 Å². The average Bonchev–Trinajstić information content (AvgIpc) is 2.62. The summed E-state index contributed by atoms with van der Waals surface area (Å²) in [6, 6.07) is 5.08. The summed E-state index contributed by atoms with van der Waals surface area (Å²) < 4.78 is 37.8. The first-order valence-electron chi connectivity index (χ1n) is 5.81. The van der Waals surface area contributed by atoms with Crippen LogP contribution >= 0.6 is 0 Å². The van der Waals surface area contributed by atoms with Crippen LogP contribution in [0.5, 0.6) is 0 Å². The fourth-order valence-electron chi connectivity index (χ4n) is 2.41. The minimum Gasteiger partial charge on any atom is -0.307 e. The molecule has 1 N–H and O–H groups in total. The summed E-state index contributed by atoms with van der Waals surface area (Å²) in [7, 11) is 0. The number of hydrogen-bond acceptors (Lipinski definition) is 1. The van der Waals surface area contributed by atoms with Gasteiger partial charge in [0.15, 0.2) is 0 Å². The summed E-state index contributed by atoms with van der Waals surface area (Å²) in [4.78, 5) is 0. The largest absolute Gasteiger partial charge is 0.416 e. The van der Waals surface area contributed by atoms with Crippen LogP contribution in [0.1, 0.15) is 42.5 Å². The Morgan fingerprint density at radius 2 is 1.94 bits per heavy atom. The van der Waals surface area contributed by atoms with E-state index in [1.807, 2.05) is 0 Å². The van der Waals surface area contributed by atoms with Crippen molar-refractivity contribution in [3.05, 3.63) is 34.9 Å². The summed E-state index contributed by atoms with van der Waals surface area (Å²) in [6.45, 7) is 3.61. The van der Waals surface area contributed by atoms with Crippen LogP contribution in [0.2, 0.25) is 0 Å². The number of hydrogen-bond donors (Lipinski definition) is 1. The standard InChI is InChI=1S/C13H16F3N/c1-8-7-10(12-6-3-9(2)17-12)4-5-11(8)13(14,15)16/h4-5,7,9,12,17H,3,6H2,1-2H3/t9?,12-/m0/s1. The normalized spacial score (nSPS) is 25.2. The first kappa shape index (κ1) is 12.4. The molecule has 1 saturated heterocycles. The van der Waals surface area contributed by atoms with E-state index in [1.165, 1.54) is 13.0 Å². The quantitative estimate of drug-likeness (QED) is 0.790. The van der Waals surface area contributed by atoms with Crippen LogP contribution in [0.15, 0.2) is 18.2 Å². The summed E-state index contributed by atoms with van der Waals surface area (Å²) in [5.41, 5.74) is 0.725. The van der Waals surface area contributed by atoms with Gasteiger partial charge in [-0.05, 0) is 43.9 Å². The summed E-state index contributed by atoms with van der Waals surface area (Å²) in [5, 5.41) is 3.37. The number of aryl methyl sites for hydroxylation is 1. The lowest BCUT2D eigenvalue weighted by Gasteiger charge is -2.16. The Labute approximate surface area is 99.0 Å². The summed E-state index contributed by atoms with van der Waals surface area (Å²) in [5.74, 6) is 0. The molecule has 94 valence electrons. The van der Waals surface area contributed by atoms with Crippen molar-refractivity contribution in [2.24, 2.45) is 0 Å². The van der Waals surface area contributed by atoms with E-state index in [1.54, 1.807) is 12.1 Å². The molecular weight excluding hydrogens is 227 g/mol. The van der Waals surface area contributed by atoms with E-state index >= 15 is 0 Å². The van der Waals surface area contributed by atoms with Crippen LogP contribution in [0, 0.1) is 6.92 Å². The monoisotopic (exact) mass is 243 g/mol. The number of alkyl halides is 3. The van der Waals surface area contributed by atoms with E-state index in [2.05, 4.69) is 12.2 Å². The Morgan fingerprint density at radius 1 is 1.24 bits per heavy atom. The molecule has 17 heavy (non-hydrogen) atoms. The predicted octanol–water partition coefficient (Wildman–Crippen LogP) is 3.83. The lowest BCUT2D eigenvalue weighted by molar-refractivity contribution is -0.138.